The van der Waals surface area contributed by atoms with Gasteiger partial charge in [-0.1, -0.05) is 12.1 Å². The van der Waals surface area contributed by atoms with Crippen molar-refractivity contribution in [2.24, 2.45) is 0 Å². The molecule has 26 heavy (non-hydrogen) atoms. The standard InChI is InChI=1S/C18H12F3N5/c19-18(20,21)13-3-1-2-12(10-13)15-16(11-4-7-23-8-5-11)26-9-6-14(22)24-17(26)25-15/h1-10H,(H2,22,24,25). The van der Waals surface area contributed by atoms with Gasteiger partial charge in [0.1, 0.15) is 5.82 Å². The number of aromatic nitrogens is 4. The van der Waals surface area contributed by atoms with Crippen LogP contribution in [-0.4, -0.2) is 19.4 Å². The van der Waals surface area contributed by atoms with E-state index in [9.17, 15) is 13.2 Å². The number of imidazole rings is 1. The number of benzene rings is 1. The van der Waals surface area contributed by atoms with E-state index < -0.39 is 11.7 Å². The molecule has 0 fully saturated rings. The quantitative estimate of drug-likeness (QED) is 0.589. The molecule has 0 saturated heterocycles. The van der Waals surface area contributed by atoms with Crippen LogP contribution >= 0.6 is 0 Å². The van der Waals surface area contributed by atoms with Crippen molar-refractivity contribution in [2.75, 3.05) is 5.73 Å². The summed E-state index contributed by atoms with van der Waals surface area (Å²) in [6.07, 6.45) is 0.469. The Labute approximate surface area is 146 Å². The molecule has 0 aliphatic rings. The molecular formula is C18H12F3N5. The Balaban J connectivity index is 2.01. The maximum Gasteiger partial charge on any atom is 0.416 e. The monoisotopic (exact) mass is 355 g/mol. The van der Waals surface area contributed by atoms with Gasteiger partial charge in [0.25, 0.3) is 0 Å². The number of hydrogen-bond acceptors (Lipinski definition) is 4. The molecule has 4 rings (SSSR count). The Morgan fingerprint density at radius 2 is 1.69 bits per heavy atom. The summed E-state index contributed by atoms with van der Waals surface area (Å²) in [5.41, 5.74) is 7.09. The number of hydrogen-bond donors (Lipinski definition) is 1. The number of halogens is 3. The number of anilines is 1. The van der Waals surface area contributed by atoms with Crippen molar-refractivity contribution in [3.05, 3.63) is 66.6 Å². The third kappa shape index (κ3) is 2.75. The molecule has 0 radical (unpaired) electrons. The number of nitrogen functional groups attached to an aromatic ring is 1. The summed E-state index contributed by atoms with van der Waals surface area (Å²) in [6, 6.07) is 10.2. The van der Waals surface area contributed by atoms with E-state index in [1.807, 2.05) is 0 Å². The molecule has 0 saturated carbocycles. The fourth-order valence-electron chi connectivity index (χ4n) is 2.77. The van der Waals surface area contributed by atoms with Gasteiger partial charge in [-0.15, -0.1) is 0 Å². The van der Waals surface area contributed by atoms with Crippen LogP contribution in [0.25, 0.3) is 28.3 Å². The minimum atomic E-state index is -4.44. The third-order valence-electron chi connectivity index (χ3n) is 3.93. The zero-order chi connectivity index (χ0) is 18.3. The van der Waals surface area contributed by atoms with Gasteiger partial charge in [-0.3, -0.25) is 9.38 Å². The van der Waals surface area contributed by atoms with Crippen LogP contribution in [-0.2, 0) is 6.18 Å². The summed E-state index contributed by atoms with van der Waals surface area (Å²) in [7, 11) is 0. The first-order chi connectivity index (χ1) is 12.4. The SMILES string of the molecule is Nc1ccn2c(-c3ccncc3)c(-c3cccc(C(F)(F)F)c3)nc2n1. The molecule has 0 amide bonds. The summed E-state index contributed by atoms with van der Waals surface area (Å²) < 4.78 is 41.0. The summed E-state index contributed by atoms with van der Waals surface area (Å²) in [5.74, 6) is 0.587. The summed E-state index contributed by atoms with van der Waals surface area (Å²) in [6.45, 7) is 0. The van der Waals surface area contributed by atoms with E-state index in [2.05, 4.69) is 15.0 Å². The van der Waals surface area contributed by atoms with Crippen LogP contribution in [0.15, 0.2) is 61.1 Å². The topological polar surface area (TPSA) is 69.1 Å². The Kier molecular flexibility index (Phi) is 3.61. The van der Waals surface area contributed by atoms with E-state index in [0.29, 0.717) is 22.7 Å². The van der Waals surface area contributed by atoms with E-state index in [-0.39, 0.29) is 5.82 Å². The van der Waals surface area contributed by atoms with E-state index in [0.717, 1.165) is 17.7 Å². The predicted molar refractivity (Wildman–Crippen MR) is 91.1 cm³/mol. The highest BCUT2D eigenvalue weighted by atomic mass is 19.4. The van der Waals surface area contributed by atoms with E-state index in [1.54, 1.807) is 47.3 Å². The second-order valence-corrected chi connectivity index (χ2v) is 5.65. The van der Waals surface area contributed by atoms with Crippen molar-refractivity contribution < 1.29 is 13.2 Å². The van der Waals surface area contributed by atoms with Crippen LogP contribution in [0.4, 0.5) is 19.0 Å². The van der Waals surface area contributed by atoms with Crippen LogP contribution in [0.3, 0.4) is 0 Å². The van der Waals surface area contributed by atoms with Crippen molar-refractivity contribution >= 4 is 11.6 Å². The van der Waals surface area contributed by atoms with Crippen molar-refractivity contribution in [2.45, 2.75) is 6.18 Å². The van der Waals surface area contributed by atoms with Gasteiger partial charge in [-0.25, -0.2) is 4.98 Å². The van der Waals surface area contributed by atoms with Crippen molar-refractivity contribution in [3.63, 3.8) is 0 Å². The van der Waals surface area contributed by atoms with Gasteiger partial charge < -0.3 is 5.73 Å². The van der Waals surface area contributed by atoms with Gasteiger partial charge in [-0.2, -0.15) is 18.2 Å². The Morgan fingerprint density at radius 3 is 2.42 bits per heavy atom. The number of pyridine rings is 1. The summed E-state index contributed by atoms with van der Waals surface area (Å²) in [5, 5.41) is 0. The molecule has 0 unspecified atom stereocenters. The van der Waals surface area contributed by atoms with E-state index in [4.69, 9.17) is 5.73 Å². The van der Waals surface area contributed by atoms with Gasteiger partial charge in [0.05, 0.1) is 17.0 Å². The number of alkyl halides is 3. The molecule has 0 aliphatic heterocycles. The van der Waals surface area contributed by atoms with Gasteiger partial charge in [0.2, 0.25) is 5.78 Å². The molecule has 3 aromatic heterocycles. The number of fused-ring (bicyclic) bond motifs is 1. The molecule has 3 heterocycles. The van der Waals surface area contributed by atoms with Gasteiger partial charge in [0.15, 0.2) is 0 Å². The molecule has 5 nitrogen and oxygen atoms in total. The lowest BCUT2D eigenvalue weighted by atomic mass is 10.0. The fraction of sp³-hybridized carbons (Fsp3) is 0.0556. The third-order valence-corrected chi connectivity index (χ3v) is 3.93. The molecule has 2 N–H and O–H groups in total. The summed E-state index contributed by atoms with van der Waals surface area (Å²) >= 11 is 0. The second kappa shape index (κ2) is 5.83. The van der Waals surface area contributed by atoms with Crippen LogP contribution < -0.4 is 5.73 Å². The molecule has 0 bridgehead atoms. The van der Waals surface area contributed by atoms with Crippen LogP contribution in [0.5, 0.6) is 0 Å². The van der Waals surface area contributed by atoms with Gasteiger partial charge in [-0.05, 0) is 30.3 Å². The highest BCUT2D eigenvalue weighted by molar-refractivity contribution is 5.81. The maximum absolute atomic E-state index is 13.1. The van der Waals surface area contributed by atoms with Crippen molar-refractivity contribution in [1.82, 2.24) is 19.4 Å². The highest BCUT2D eigenvalue weighted by Gasteiger charge is 2.31. The molecule has 0 atom stereocenters. The molecule has 8 heteroatoms. The summed E-state index contributed by atoms with van der Waals surface area (Å²) in [4.78, 5) is 12.6. The average molecular weight is 355 g/mol. The zero-order valence-corrected chi connectivity index (χ0v) is 13.3. The fourth-order valence-corrected chi connectivity index (χ4v) is 2.77. The van der Waals surface area contributed by atoms with Crippen LogP contribution in [0, 0.1) is 0 Å². The number of rotatable bonds is 2. The van der Waals surface area contributed by atoms with Crippen LogP contribution in [0.2, 0.25) is 0 Å². The van der Waals surface area contributed by atoms with Crippen molar-refractivity contribution in [3.8, 4) is 22.5 Å². The number of nitrogens with two attached hydrogens (primary N) is 1. The molecule has 4 aromatic rings. The lowest BCUT2D eigenvalue weighted by Gasteiger charge is -2.09. The number of nitrogens with zero attached hydrogens (tertiary/aromatic N) is 4. The molecule has 130 valence electrons. The van der Waals surface area contributed by atoms with Crippen LogP contribution in [0.1, 0.15) is 5.56 Å². The van der Waals surface area contributed by atoms with E-state index >= 15 is 0 Å². The minimum Gasteiger partial charge on any atom is -0.384 e. The van der Waals surface area contributed by atoms with E-state index in [1.165, 1.54) is 6.07 Å². The molecule has 0 spiro atoms. The first-order valence-corrected chi connectivity index (χ1v) is 7.66. The Hall–Kier alpha value is -3.42. The normalized spacial score (nSPS) is 11.8. The first kappa shape index (κ1) is 16.1. The van der Waals surface area contributed by atoms with Crippen molar-refractivity contribution in [1.29, 1.82) is 0 Å². The molecule has 0 aliphatic carbocycles. The smallest absolute Gasteiger partial charge is 0.384 e. The highest BCUT2D eigenvalue weighted by Crippen LogP contribution is 2.36. The molecule has 1 aromatic carbocycles. The minimum absolute atomic E-state index is 0.277. The first-order valence-electron chi connectivity index (χ1n) is 7.66. The lowest BCUT2D eigenvalue weighted by molar-refractivity contribution is -0.137. The molecular weight excluding hydrogens is 343 g/mol. The maximum atomic E-state index is 13.1. The average Bonchev–Trinajstić information content (AvgIpc) is 3.00. The Morgan fingerprint density at radius 1 is 0.923 bits per heavy atom. The largest absolute Gasteiger partial charge is 0.416 e. The predicted octanol–water partition coefficient (Wildman–Crippen LogP) is 4.06. The van der Waals surface area contributed by atoms with Gasteiger partial charge >= 0.3 is 6.18 Å². The lowest BCUT2D eigenvalue weighted by Crippen LogP contribution is -2.04. The zero-order valence-electron chi connectivity index (χ0n) is 13.3. The Bertz CT molecular complexity index is 1090. The van der Waals surface area contributed by atoms with Gasteiger partial charge in [0, 0.05) is 29.7 Å². The second-order valence-electron chi connectivity index (χ2n) is 5.65.